The van der Waals surface area contributed by atoms with Gasteiger partial charge in [0.1, 0.15) is 11.3 Å². The zero-order chi connectivity index (χ0) is 23.2. The first-order valence-corrected chi connectivity index (χ1v) is 11.9. The fourth-order valence-electron chi connectivity index (χ4n) is 3.79. The van der Waals surface area contributed by atoms with Crippen LogP contribution in [-0.4, -0.2) is 74.7 Å². The van der Waals surface area contributed by atoms with E-state index >= 15 is 0 Å². The van der Waals surface area contributed by atoms with Gasteiger partial charge in [-0.2, -0.15) is 0 Å². The van der Waals surface area contributed by atoms with Crippen LogP contribution in [0.15, 0.2) is 42.5 Å². The molecule has 1 fully saturated rings. The highest BCUT2D eigenvalue weighted by atomic mass is 32.1. The summed E-state index contributed by atoms with van der Waals surface area (Å²) in [5.74, 6) is 0.276. The number of fused-ring (bicyclic) bond motifs is 1. The summed E-state index contributed by atoms with van der Waals surface area (Å²) in [6.07, 6.45) is 0. The van der Waals surface area contributed by atoms with E-state index in [1.54, 1.807) is 35.6 Å². The molecule has 0 spiro atoms. The number of rotatable bonds is 8. The largest absolute Gasteiger partial charge is 0.492 e. The van der Waals surface area contributed by atoms with Crippen LogP contribution in [0.1, 0.15) is 27.6 Å². The molecule has 0 bridgehead atoms. The van der Waals surface area contributed by atoms with E-state index in [0.29, 0.717) is 24.3 Å². The number of carbonyl (C=O) groups is 2. The van der Waals surface area contributed by atoms with Gasteiger partial charge in [0.05, 0.1) is 24.0 Å². The number of hydrogen-bond acceptors (Lipinski definition) is 8. The van der Waals surface area contributed by atoms with Crippen LogP contribution >= 0.6 is 11.3 Å². The number of anilines is 1. The molecule has 0 radical (unpaired) electrons. The maximum Gasteiger partial charge on any atom is 0.337 e. The van der Waals surface area contributed by atoms with Crippen molar-refractivity contribution in [3.8, 4) is 5.75 Å². The molecule has 0 saturated carbocycles. The van der Waals surface area contributed by atoms with Crippen LogP contribution in [0, 0.1) is 0 Å². The Morgan fingerprint density at radius 2 is 1.79 bits per heavy atom. The maximum absolute atomic E-state index is 12.4. The third kappa shape index (κ3) is 5.43. The Morgan fingerprint density at radius 1 is 1.06 bits per heavy atom. The van der Waals surface area contributed by atoms with Gasteiger partial charge in [-0.15, -0.1) is 0 Å². The van der Waals surface area contributed by atoms with E-state index < -0.39 is 5.97 Å². The third-order valence-electron chi connectivity index (χ3n) is 5.60. The highest BCUT2D eigenvalue weighted by molar-refractivity contribution is 7.22. The molecule has 33 heavy (non-hydrogen) atoms. The summed E-state index contributed by atoms with van der Waals surface area (Å²) >= 11 is 1.70. The van der Waals surface area contributed by atoms with Crippen molar-refractivity contribution in [2.45, 2.75) is 6.92 Å². The molecule has 8 nitrogen and oxygen atoms in total. The monoisotopic (exact) mass is 468 g/mol. The molecule has 1 saturated heterocycles. The topological polar surface area (TPSA) is 84.0 Å². The first kappa shape index (κ1) is 23.0. The second-order valence-corrected chi connectivity index (χ2v) is 8.69. The molecule has 0 unspecified atom stereocenters. The summed E-state index contributed by atoms with van der Waals surface area (Å²) < 4.78 is 11.5. The van der Waals surface area contributed by atoms with E-state index in [4.69, 9.17) is 9.72 Å². The third-order valence-corrected chi connectivity index (χ3v) is 6.68. The van der Waals surface area contributed by atoms with Crippen molar-refractivity contribution >= 4 is 38.6 Å². The summed E-state index contributed by atoms with van der Waals surface area (Å²) in [5, 5.41) is 3.98. The molecule has 3 aromatic rings. The van der Waals surface area contributed by atoms with Crippen molar-refractivity contribution in [3.63, 3.8) is 0 Å². The number of benzene rings is 2. The molecule has 1 N–H and O–H groups in total. The normalized spacial score (nSPS) is 14.3. The number of para-hydroxylation sites is 1. The number of nitrogens with one attached hydrogen (secondary N) is 1. The molecule has 0 aliphatic carbocycles. The molecule has 1 amide bonds. The van der Waals surface area contributed by atoms with Crippen molar-refractivity contribution in [2.24, 2.45) is 0 Å². The van der Waals surface area contributed by atoms with Crippen LogP contribution < -0.4 is 15.0 Å². The van der Waals surface area contributed by atoms with E-state index in [1.807, 2.05) is 19.1 Å². The maximum atomic E-state index is 12.4. The van der Waals surface area contributed by atoms with E-state index in [2.05, 4.69) is 25.9 Å². The Morgan fingerprint density at radius 3 is 2.48 bits per heavy atom. The minimum Gasteiger partial charge on any atom is -0.492 e. The molecule has 4 rings (SSSR count). The summed E-state index contributed by atoms with van der Waals surface area (Å²) in [5.41, 5.74) is 1.88. The molecular weight excluding hydrogens is 440 g/mol. The number of aromatic nitrogens is 1. The fraction of sp³-hybridized carbons (Fsp3) is 0.375. The molecule has 1 aromatic heterocycles. The Kier molecular flexibility index (Phi) is 7.41. The minimum absolute atomic E-state index is 0.148. The zero-order valence-electron chi connectivity index (χ0n) is 18.9. The van der Waals surface area contributed by atoms with Crippen molar-refractivity contribution in [1.82, 2.24) is 15.2 Å². The van der Waals surface area contributed by atoms with Crippen LogP contribution in [0.5, 0.6) is 5.75 Å². The highest BCUT2D eigenvalue weighted by Gasteiger charge is 2.21. The lowest BCUT2D eigenvalue weighted by Gasteiger charge is -2.34. The fourth-order valence-corrected chi connectivity index (χ4v) is 4.82. The van der Waals surface area contributed by atoms with Crippen LogP contribution in [0.4, 0.5) is 5.13 Å². The lowest BCUT2D eigenvalue weighted by molar-refractivity contribution is 0.0600. The van der Waals surface area contributed by atoms with Gasteiger partial charge in [-0.25, -0.2) is 9.78 Å². The van der Waals surface area contributed by atoms with E-state index in [0.717, 1.165) is 53.8 Å². The van der Waals surface area contributed by atoms with Crippen molar-refractivity contribution in [3.05, 3.63) is 53.6 Å². The van der Waals surface area contributed by atoms with Gasteiger partial charge in [0, 0.05) is 44.8 Å². The number of hydrogen-bond donors (Lipinski definition) is 1. The zero-order valence-corrected chi connectivity index (χ0v) is 19.7. The second kappa shape index (κ2) is 10.6. The van der Waals surface area contributed by atoms with Gasteiger partial charge >= 0.3 is 5.97 Å². The predicted molar refractivity (Wildman–Crippen MR) is 130 cm³/mol. The molecule has 1 aliphatic heterocycles. The van der Waals surface area contributed by atoms with Crippen LogP contribution in [0.3, 0.4) is 0 Å². The standard InChI is InChI=1S/C24H28N4O4S/c1-3-32-19-5-4-6-20-21(19)26-24(33-20)28-15-13-27(14-16-28)12-11-25-22(29)17-7-9-18(10-8-17)23(30)31-2/h4-10H,3,11-16H2,1-2H3,(H,25,29). The van der Waals surface area contributed by atoms with Gasteiger partial charge in [-0.05, 0) is 43.3 Å². The molecule has 9 heteroatoms. The lowest BCUT2D eigenvalue weighted by Crippen LogP contribution is -2.48. The number of esters is 1. The Labute approximate surface area is 197 Å². The van der Waals surface area contributed by atoms with Crippen LogP contribution in [0.2, 0.25) is 0 Å². The Balaban J connectivity index is 1.24. The van der Waals surface area contributed by atoms with Crippen molar-refractivity contribution in [2.75, 3.05) is 57.9 Å². The van der Waals surface area contributed by atoms with Crippen LogP contribution in [0.25, 0.3) is 10.2 Å². The number of nitrogens with zero attached hydrogens (tertiary/aromatic N) is 3. The molecule has 0 atom stereocenters. The molecule has 2 aromatic carbocycles. The quantitative estimate of drug-likeness (QED) is 0.509. The number of thiazole rings is 1. The lowest BCUT2D eigenvalue weighted by atomic mass is 10.1. The Bertz CT molecular complexity index is 1110. The van der Waals surface area contributed by atoms with Gasteiger partial charge in [-0.3, -0.25) is 9.69 Å². The average molecular weight is 469 g/mol. The van der Waals surface area contributed by atoms with Crippen molar-refractivity contribution in [1.29, 1.82) is 0 Å². The second-order valence-electron chi connectivity index (χ2n) is 7.69. The van der Waals surface area contributed by atoms with Crippen LogP contribution in [-0.2, 0) is 4.74 Å². The number of ether oxygens (including phenoxy) is 2. The number of methoxy groups -OCH3 is 1. The smallest absolute Gasteiger partial charge is 0.337 e. The summed E-state index contributed by atoms with van der Waals surface area (Å²) in [4.78, 5) is 33.4. The summed E-state index contributed by atoms with van der Waals surface area (Å²) in [7, 11) is 1.33. The first-order chi connectivity index (χ1) is 16.1. The van der Waals surface area contributed by atoms with Gasteiger partial charge in [0.2, 0.25) is 0 Å². The molecular formula is C24H28N4O4S. The van der Waals surface area contributed by atoms with Gasteiger partial charge in [-0.1, -0.05) is 17.4 Å². The molecule has 2 heterocycles. The Hall–Kier alpha value is -3.17. The number of carbonyl (C=O) groups excluding carboxylic acids is 2. The number of piperazine rings is 1. The van der Waals surface area contributed by atoms with E-state index in [9.17, 15) is 9.59 Å². The number of amides is 1. The average Bonchev–Trinajstić information content (AvgIpc) is 3.29. The highest BCUT2D eigenvalue weighted by Crippen LogP contribution is 2.34. The molecule has 174 valence electrons. The van der Waals surface area contributed by atoms with Gasteiger partial charge in [0.25, 0.3) is 5.91 Å². The molecule has 1 aliphatic rings. The van der Waals surface area contributed by atoms with Crippen molar-refractivity contribution < 1.29 is 19.1 Å². The summed E-state index contributed by atoms with van der Waals surface area (Å²) in [6.45, 7) is 7.58. The first-order valence-electron chi connectivity index (χ1n) is 11.0. The van der Waals surface area contributed by atoms with Gasteiger partial charge < -0.3 is 19.7 Å². The van der Waals surface area contributed by atoms with Gasteiger partial charge in [0.15, 0.2) is 5.13 Å². The predicted octanol–water partition coefficient (Wildman–Crippen LogP) is 3.03. The summed E-state index contributed by atoms with van der Waals surface area (Å²) in [6, 6.07) is 12.5. The minimum atomic E-state index is -0.415. The van der Waals surface area contributed by atoms with E-state index in [-0.39, 0.29) is 5.91 Å². The van der Waals surface area contributed by atoms with E-state index in [1.165, 1.54) is 7.11 Å². The SMILES string of the molecule is CCOc1cccc2sc(N3CCN(CCNC(=O)c4ccc(C(=O)OC)cc4)CC3)nc12.